The van der Waals surface area contributed by atoms with Gasteiger partial charge in [-0.25, -0.2) is 9.48 Å². The van der Waals surface area contributed by atoms with E-state index >= 15 is 0 Å². The second kappa shape index (κ2) is 12.2. The van der Waals surface area contributed by atoms with Crippen molar-refractivity contribution in [1.82, 2.24) is 14.8 Å². The molecule has 1 atom stereocenters. The molecule has 208 valence electrons. The maximum absolute atomic E-state index is 13.4. The first-order chi connectivity index (χ1) is 18.5. The molecule has 3 aromatic rings. The Morgan fingerprint density at radius 3 is 2.54 bits per heavy atom. The molecule has 0 radical (unpaired) electrons. The molecule has 2 aromatic carbocycles. The summed E-state index contributed by atoms with van der Waals surface area (Å²) in [6.45, 7) is 14.7. The van der Waals surface area contributed by atoms with Crippen molar-refractivity contribution < 1.29 is 14.3 Å². The van der Waals surface area contributed by atoms with Crippen LogP contribution in [0.5, 0.6) is 5.75 Å². The number of carbonyl (C=O) groups excluding carboxylic acids is 1. The van der Waals surface area contributed by atoms with Crippen LogP contribution in [0.15, 0.2) is 63.4 Å². The van der Waals surface area contributed by atoms with Gasteiger partial charge in [-0.1, -0.05) is 79.7 Å². The van der Waals surface area contributed by atoms with E-state index in [1.165, 1.54) is 5.56 Å². The zero-order valence-corrected chi connectivity index (χ0v) is 26.1. The number of nitrogens with one attached hydrogen (secondary N) is 1. The summed E-state index contributed by atoms with van der Waals surface area (Å²) < 4.78 is 14.7. The van der Waals surface area contributed by atoms with Crippen molar-refractivity contribution in [1.29, 1.82) is 0 Å². The molecule has 0 aliphatic carbocycles. The molecule has 0 saturated heterocycles. The number of aromatic nitrogens is 3. The highest BCUT2D eigenvalue weighted by atomic mass is 79.9. The summed E-state index contributed by atoms with van der Waals surface area (Å²) in [5.74, 6) is 1.76. The highest BCUT2D eigenvalue weighted by Crippen LogP contribution is 2.41. The number of allylic oxidation sites excluding steroid dienone is 1. The van der Waals surface area contributed by atoms with Crippen LogP contribution in [-0.4, -0.2) is 32.6 Å². The van der Waals surface area contributed by atoms with Gasteiger partial charge in [0.25, 0.3) is 0 Å². The highest BCUT2D eigenvalue weighted by molar-refractivity contribution is 9.10. The molecule has 1 aliphatic heterocycles. The predicted octanol–water partition coefficient (Wildman–Crippen LogP) is 7.66. The zero-order valence-electron chi connectivity index (χ0n) is 23.7. The molecule has 0 bridgehead atoms. The Morgan fingerprint density at radius 2 is 1.90 bits per heavy atom. The molecule has 0 fully saturated rings. The molecule has 39 heavy (non-hydrogen) atoms. The number of nitrogens with zero attached hydrogens (tertiary/aromatic N) is 3. The van der Waals surface area contributed by atoms with Crippen LogP contribution in [0.1, 0.15) is 77.6 Å². The Kier molecular flexibility index (Phi) is 9.11. The molecule has 0 saturated carbocycles. The van der Waals surface area contributed by atoms with Crippen LogP contribution in [0, 0.1) is 0 Å². The standard InChI is InChI=1S/C30H37BrN4O3S/c1-8-15-39-29-33-28-32-19(4)25(27(36)38-18(2)3)26(35(28)34-29)23-16-22(31)13-14-24(23)37-17-20-9-11-21(12-10-20)30(5,6)7/h9-14,16,18,26H,8,15,17H2,1-7H3,(H,32,33,34). The molecular formula is C30H37BrN4O3S. The van der Waals surface area contributed by atoms with Crippen LogP contribution in [-0.2, 0) is 21.6 Å². The number of esters is 1. The van der Waals surface area contributed by atoms with E-state index in [-0.39, 0.29) is 11.5 Å². The van der Waals surface area contributed by atoms with Gasteiger partial charge in [-0.2, -0.15) is 4.98 Å². The van der Waals surface area contributed by atoms with Crippen molar-refractivity contribution in [2.24, 2.45) is 0 Å². The summed E-state index contributed by atoms with van der Waals surface area (Å²) in [5.41, 5.74) is 4.38. The van der Waals surface area contributed by atoms with Crippen LogP contribution in [0.4, 0.5) is 5.95 Å². The van der Waals surface area contributed by atoms with Crippen molar-refractivity contribution in [3.8, 4) is 5.75 Å². The fourth-order valence-electron chi connectivity index (χ4n) is 4.34. The van der Waals surface area contributed by atoms with Crippen molar-refractivity contribution in [2.45, 2.75) is 84.2 Å². The summed E-state index contributed by atoms with van der Waals surface area (Å²) in [5, 5.41) is 8.74. The number of benzene rings is 2. The van der Waals surface area contributed by atoms with Gasteiger partial charge in [0.1, 0.15) is 18.4 Å². The van der Waals surface area contributed by atoms with E-state index in [4.69, 9.17) is 19.6 Å². The Hall–Kier alpha value is -2.78. The fourth-order valence-corrected chi connectivity index (χ4v) is 5.40. The van der Waals surface area contributed by atoms with Gasteiger partial charge in [-0.3, -0.25) is 0 Å². The fraction of sp³-hybridized carbons (Fsp3) is 0.433. The summed E-state index contributed by atoms with van der Waals surface area (Å²) in [4.78, 5) is 18.1. The third kappa shape index (κ3) is 6.87. The lowest BCUT2D eigenvalue weighted by molar-refractivity contribution is -0.143. The lowest BCUT2D eigenvalue weighted by atomic mass is 9.87. The van der Waals surface area contributed by atoms with Crippen LogP contribution in [0.3, 0.4) is 0 Å². The maximum Gasteiger partial charge on any atom is 0.338 e. The minimum atomic E-state index is -0.577. The Bertz CT molecular complexity index is 1360. The number of hydrogen-bond acceptors (Lipinski definition) is 7. The van der Waals surface area contributed by atoms with Gasteiger partial charge in [-0.05, 0) is 61.9 Å². The topological polar surface area (TPSA) is 78.3 Å². The number of hydrogen-bond donors (Lipinski definition) is 1. The van der Waals surface area contributed by atoms with Crippen molar-refractivity contribution >= 4 is 39.6 Å². The predicted molar refractivity (Wildman–Crippen MR) is 160 cm³/mol. The largest absolute Gasteiger partial charge is 0.489 e. The van der Waals surface area contributed by atoms with E-state index in [2.05, 4.69) is 73.2 Å². The summed E-state index contributed by atoms with van der Waals surface area (Å²) >= 11 is 5.22. The van der Waals surface area contributed by atoms with E-state index in [0.717, 1.165) is 27.8 Å². The number of carbonyl (C=O) groups is 1. The first-order valence-corrected chi connectivity index (χ1v) is 15.1. The van der Waals surface area contributed by atoms with Gasteiger partial charge in [0.15, 0.2) is 0 Å². The first-order valence-electron chi connectivity index (χ1n) is 13.3. The number of halogens is 1. The molecule has 0 spiro atoms. The van der Waals surface area contributed by atoms with Gasteiger partial charge in [-0.15, -0.1) is 5.10 Å². The highest BCUT2D eigenvalue weighted by Gasteiger charge is 2.37. The van der Waals surface area contributed by atoms with E-state index in [9.17, 15) is 4.79 Å². The van der Waals surface area contributed by atoms with E-state index in [1.807, 2.05) is 39.0 Å². The molecule has 0 amide bonds. The van der Waals surface area contributed by atoms with Crippen LogP contribution >= 0.6 is 27.7 Å². The van der Waals surface area contributed by atoms with Gasteiger partial charge in [0.05, 0.1) is 11.7 Å². The first kappa shape index (κ1) is 29.2. The quantitative estimate of drug-likeness (QED) is 0.196. The second-order valence-corrected chi connectivity index (χ2v) is 12.9. The number of anilines is 1. The van der Waals surface area contributed by atoms with Crippen molar-refractivity contribution in [3.05, 3.63) is 74.9 Å². The van der Waals surface area contributed by atoms with E-state index < -0.39 is 12.0 Å². The normalized spacial score (nSPS) is 15.3. The minimum Gasteiger partial charge on any atom is -0.489 e. The van der Waals surface area contributed by atoms with Crippen molar-refractivity contribution in [2.75, 3.05) is 11.1 Å². The van der Waals surface area contributed by atoms with E-state index in [0.29, 0.717) is 34.7 Å². The SMILES string of the molecule is CCCSc1nc2n(n1)C(c1cc(Br)ccc1OCc1ccc(C(C)(C)C)cc1)C(C(=O)OC(C)C)=C(C)N2. The van der Waals surface area contributed by atoms with Gasteiger partial charge in [0.2, 0.25) is 11.1 Å². The van der Waals surface area contributed by atoms with Crippen molar-refractivity contribution in [3.63, 3.8) is 0 Å². The van der Waals surface area contributed by atoms with Crippen LogP contribution in [0.2, 0.25) is 0 Å². The monoisotopic (exact) mass is 612 g/mol. The molecule has 9 heteroatoms. The third-order valence-electron chi connectivity index (χ3n) is 6.31. The second-order valence-electron chi connectivity index (χ2n) is 10.9. The number of fused-ring (bicyclic) bond motifs is 1. The summed E-state index contributed by atoms with van der Waals surface area (Å²) in [6, 6.07) is 13.8. The lowest BCUT2D eigenvalue weighted by Gasteiger charge is -2.29. The zero-order chi connectivity index (χ0) is 28.3. The van der Waals surface area contributed by atoms with Gasteiger partial charge < -0.3 is 14.8 Å². The molecule has 2 heterocycles. The van der Waals surface area contributed by atoms with E-state index in [1.54, 1.807) is 16.4 Å². The van der Waals surface area contributed by atoms with Gasteiger partial charge in [0, 0.05) is 21.5 Å². The van der Waals surface area contributed by atoms with Crippen LogP contribution < -0.4 is 10.1 Å². The molecule has 1 N–H and O–H groups in total. The molecule has 1 aromatic heterocycles. The molecule has 1 aliphatic rings. The third-order valence-corrected chi connectivity index (χ3v) is 7.85. The van der Waals surface area contributed by atoms with Gasteiger partial charge >= 0.3 is 5.97 Å². The maximum atomic E-state index is 13.4. The Labute approximate surface area is 243 Å². The average molecular weight is 614 g/mol. The number of ether oxygens (including phenoxy) is 2. The number of rotatable bonds is 9. The molecule has 4 rings (SSSR count). The minimum absolute atomic E-state index is 0.0856. The Morgan fingerprint density at radius 1 is 1.18 bits per heavy atom. The number of thioether (sulfide) groups is 1. The smallest absolute Gasteiger partial charge is 0.338 e. The Balaban J connectivity index is 1.74. The lowest BCUT2D eigenvalue weighted by Crippen LogP contribution is -2.31. The van der Waals surface area contributed by atoms with Crippen LogP contribution in [0.25, 0.3) is 0 Å². The summed E-state index contributed by atoms with van der Waals surface area (Å²) in [7, 11) is 0. The molecule has 7 nitrogen and oxygen atoms in total. The molecular weight excluding hydrogens is 576 g/mol. The average Bonchev–Trinajstić information content (AvgIpc) is 3.27. The summed E-state index contributed by atoms with van der Waals surface area (Å²) in [6.07, 6.45) is 0.746. The molecule has 1 unspecified atom stereocenters.